The van der Waals surface area contributed by atoms with Gasteiger partial charge >= 0.3 is 0 Å². The van der Waals surface area contributed by atoms with Crippen molar-refractivity contribution in [3.63, 3.8) is 0 Å². The normalized spacial score (nSPS) is 20.2. The largest absolute Gasteiger partial charge is 0.497 e. The maximum atomic E-state index is 13.9. The second-order valence-corrected chi connectivity index (χ2v) is 11.6. The van der Waals surface area contributed by atoms with Gasteiger partial charge in [0, 0.05) is 40.7 Å². The first-order valence-electron chi connectivity index (χ1n) is 14.6. The fourth-order valence-electron chi connectivity index (χ4n) is 5.88. The Morgan fingerprint density at radius 2 is 1.86 bits per heavy atom. The Bertz CT molecular complexity index is 1560. The predicted molar refractivity (Wildman–Crippen MR) is 169 cm³/mol. The summed E-state index contributed by atoms with van der Waals surface area (Å²) in [7, 11) is 1.56. The van der Waals surface area contributed by atoms with Crippen molar-refractivity contribution in [2.24, 2.45) is 5.92 Å². The third-order valence-electron chi connectivity index (χ3n) is 8.42. The van der Waals surface area contributed by atoms with Crippen LogP contribution >= 0.6 is 11.6 Å². The Morgan fingerprint density at radius 3 is 2.55 bits per heavy atom. The van der Waals surface area contributed by atoms with Crippen molar-refractivity contribution < 1.29 is 29.3 Å². The Kier molecular flexibility index (Phi) is 9.39. The highest BCUT2D eigenvalue weighted by Crippen LogP contribution is 2.46. The lowest BCUT2D eigenvalue weighted by Gasteiger charge is -2.28. The first kappa shape index (κ1) is 31.3. The highest BCUT2D eigenvalue weighted by molar-refractivity contribution is 6.31. The SMILES string of the molecule is COc1ccc(C(=O)Nc2ccc(CN3C(=O)[C@@](O)([C@@H](C)/C=C/CC(=O)N4CCC[C@H]4CO)c4cc(Cl)ccc43)cc2)cc1. The number of anilines is 2. The monoisotopic (exact) mass is 617 g/mol. The van der Waals surface area contributed by atoms with Crippen molar-refractivity contribution in [1.82, 2.24) is 4.90 Å². The van der Waals surface area contributed by atoms with Crippen LogP contribution in [0.4, 0.5) is 11.4 Å². The van der Waals surface area contributed by atoms with E-state index in [9.17, 15) is 24.6 Å². The van der Waals surface area contributed by atoms with Gasteiger partial charge in [-0.15, -0.1) is 0 Å². The van der Waals surface area contributed by atoms with E-state index in [1.807, 2.05) is 12.1 Å². The number of methoxy groups -OCH3 is 1. The quantitative estimate of drug-likeness (QED) is 0.279. The smallest absolute Gasteiger partial charge is 0.264 e. The second kappa shape index (κ2) is 13.2. The van der Waals surface area contributed by atoms with Crippen molar-refractivity contribution in [2.75, 3.05) is 30.5 Å². The van der Waals surface area contributed by atoms with Gasteiger partial charge in [-0.25, -0.2) is 0 Å². The van der Waals surface area contributed by atoms with Crippen molar-refractivity contribution in [2.45, 2.75) is 44.4 Å². The molecule has 3 N–H and O–H groups in total. The van der Waals surface area contributed by atoms with Crippen LogP contribution in [0.2, 0.25) is 5.02 Å². The van der Waals surface area contributed by atoms with E-state index in [1.54, 1.807) is 85.7 Å². The minimum absolute atomic E-state index is 0.0610. The molecule has 3 aromatic carbocycles. The van der Waals surface area contributed by atoms with Crippen LogP contribution in [0.5, 0.6) is 5.75 Å². The third-order valence-corrected chi connectivity index (χ3v) is 8.66. The van der Waals surface area contributed by atoms with Gasteiger partial charge in [0.25, 0.3) is 11.8 Å². The number of ether oxygens (including phenoxy) is 1. The number of nitrogens with zero attached hydrogens (tertiary/aromatic N) is 2. The van der Waals surface area contributed by atoms with Gasteiger partial charge in [0.15, 0.2) is 5.60 Å². The highest BCUT2D eigenvalue weighted by Gasteiger charge is 2.52. The number of aliphatic hydroxyl groups excluding tert-OH is 1. The molecular weight excluding hydrogens is 582 g/mol. The molecule has 5 rings (SSSR count). The molecule has 230 valence electrons. The Balaban J connectivity index is 1.29. The molecule has 0 bridgehead atoms. The number of nitrogens with one attached hydrogen (secondary N) is 1. The van der Waals surface area contributed by atoms with E-state index in [4.69, 9.17) is 16.3 Å². The lowest BCUT2D eigenvalue weighted by atomic mass is 9.83. The van der Waals surface area contributed by atoms with Crippen LogP contribution in [0.3, 0.4) is 0 Å². The predicted octanol–water partition coefficient (Wildman–Crippen LogP) is 4.90. The summed E-state index contributed by atoms with van der Waals surface area (Å²) in [5.74, 6) is -0.845. The van der Waals surface area contributed by atoms with Crippen molar-refractivity contribution in [3.8, 4) is 5.75 Å². The number of fused-ring (bicyclic) bond motifs is 1. The van der Waals surface area contributed by atoms with Gasteiger partial charge in [-0.05, 0) is 73.0 Å². The van der Waals surface area contributed by atoms with Gasteiger partial charge in [-0.2, -0.15) is 0 Å². The van der Waals surface area contributed by atoms with E-state index >= 15 is 0 Å². The number of likely N-dealkylation sites (tertiary alicyclic amines) is 1. The Labute approximate surface area is 261 Å². The number of halogens is 1. The van der Waals surface area contributed by atoms with E-state index in [-0.39, 0.29) is 37.4 Å². The van der Waals surface area contributed by atoms with Crippen LogP contribution in [-0.4, -0.2) is 59.1 Å². The number of rotatable bonds is 10. The second-order valence-electron chi connectivity index (χ2n) is 11.2. The Hall–Kier alpha value is -4.18. The molecule has 10 heteroatoms. The molecule has 2 aliphatic heterocycles. The zero-order chi connectivity index (χ0) is 31.4. The molecule has 2 aliphatic rings. The molecule has 0 radical (unpaired) electrons. The molecular formula is C34H36ClN3O6. The summed E-state index contributed by atoms with van der Waals surface area (Å²) in [6.45, 7) is 2.48. The van der Waals surface area contributed by atoms with Crippen LogP contribution < -0.4 is 15.0 Å². The molecule has 3 aromatic rings. The van der Waals surface area contributed by atoms with Crippen molar-refractivity contribution in [1.29, 1.82) is 0 Å². The molecule has 9 nitrogen and oxygen atoms in total. The minimum Gasteiger partial charge on any atom is -0.497 e. The standard InChI is InChI=1S/C34H36ClN3O6/c1-22(5-3-7-31(40)37-18-4-6-27(37)21-39)34(43)29-19-25(35)12-17-30(29)38(33(34)42)20-23-8-13-26(14-9-23)36-32(41)24-10-15-28(44-2)16-11-24/h3,5,8-17,19,22,27,39,43H,4,6-7,18,20-21H2,1-2H3,(H,36,41)/b5-3+/t22-,27-,34+/m0/s1. The van der Waals surface area contributed by atoms with Crippen LogP contribution in [-0.2, 0) is 21.7 Å². The van der Waals surface area contributed by atoms with Crippen molar-refractivity contribution in [3.05, 3.63) is 101 Å². The highest BCUT2D eigenvalue weighted by atomic mass is 35.5. The number of aliphatic hydroxyl groups is 2. The number of benzene rings is 3. The molecule has 1 saturated heterocycles. The average Bonchev–Trinajstić information content (AvgIpc) is 3.60. The first-order chi connectivity index (χ1) is 21.1. The zero-order valence-corrected chi connectivity index (χ0v) is 25.5. The van der Waals surface area contributed by atoms with Crippen LogP contribution in [0.25, 0.3) is 0 Å². The molecule has 1 fully saturated rings. The van der Waals surface area contributed by atoms with E-state index in [0.29, 0.717) is 39.8 Å². The van der Waals surface area contributed by atoms with Crippen LogP contribution in [0.1, 0.15) is 47.7 Å². The summed E-state index contributed by atoms with van der Waals surface area (Å²) in [4.78, 5) is 42.5. The van der Waals surface area contributed by atoms with Gasteiger partial charge in [0.05, 0.1) is 32.0 Å². The summed E-state index contributed by atoms with van der Waals surface area (Å²) in [6, 6.07) is 18.8. The fraction of sp³-hybridized carbons (Fsp3) is 0.324. The van der Waals surface area contributed by atoms with Gasteiger partial charge in [-0.1, -0.05) is 42.8 Å². The molecule has 44 heavy (non-hydrogen) atoms. The molecule has 3 amide bonds. The Morgan fingerprint density at radius 1 is 1.14 bits per heavy atom. The first-order valence-corrected chi connectivity index (χ1v) is 15.0. The molecule has 0 unspecified atom stereocenters. The average molecular weight is 618 g/mol. The van der Waals surface area contributed by atoms with Crippen LogP contribution in [0, 0.1) is 5.92 Å². The molecule has 0 spiro atoms. The van der Waals surface area contributed by atoms with E-state index in [1.165, 1.54) is 4.90 Å². The van der Waals surface area contributed by atoms with Crippen molar-refractivity contribution >= 4 is 40.7 Å². The van der Waals surface area contributed by atoms with Gasteiger partial charge < -0.3 is 30.1 Å². The topological polar surface area (TPSA) is 119 Å². The van der Waals surface area contributed by atoms with E-state index in [2.05, 4.69) is 5.32 Å². The zero-order valence-electron chi connectivity index (χ0n) is 24.7. The third kappa shape index (κ3) is 6.22. The summed E-state index contributed by atoms with van der Waals surface area (Å²) in [6.07, 6.45) is 5.12. The summed E-state index contributed by atoms with van der Waals surface area (Å²) < 4.78 is 5.14. The number of carbonyl (C=O) groups is 3. The number of amides is 3. The maximum Gasteiger partial charge on any atom is 0.264 e. The molecule has 0 aliphatic carbocycles. The summed E-state index contributed by atoms with van der Waals surface area (Å²) in [5.41, 5.74) is 0.958. The van der Waals surface area contributed by atoms with E-state index < -0.39 is 17.4 Å². The molecule has 0 aromatic heterocycles. The molecule has 0 saturated carbocycles. The number of hydrogen-bond acceptors (Lipinski definition) is 6. The van der Waals surface area contributed by atoms with Gasteiger partial charge in [0.2, 0.25) is 5.91 Å². The molecule has 2 heterocycles. The summed E-state index contributed by atoms with van der Waals surface area (Å²) in [5, 5.41) is 24.7. The number of hydrogen-bond donors (Lipinski definition) is 3. The number of carbonyl (C=O) groups excluding carboxylic acids is 3. The van der Waals surface area contributed by atoms with Gasteiger partial charge in [0.1, 0.15) is 5.75 Å². The van der Waals surface area contributed by atoms with Crippen LogP contribution in [0.15, 0.2) is 78.9 Å². The lowest BCUT2D eigenvalue weighted by Crippen LogP contribution is -2.44. The van der Waals surface area contributed by atoms with E-state index in [0.717, 1.165) is 18.4 Å². The lowest BCUT2D eigenvalue weighted by molar-refractivity contribution is -0.139. The fourth-order valence-corrected chi connectivity index (χ4v) is 6.05. The maximum absolute atomic E-state index is 13.9. The van der Waals surface area contributed by atoms with Gasteiger partial charge in [-0.3, -0.25) is 14.4 Å². The summed E-state index contributed by atoms with van der Waals surface area (Å²) >= 11 is 6.30. The minimum atomic E-state index is -1.88. The molecule has 3 atom stereocenters.